The molecule has 0 aromatic heterocycles. The molecule has 4 N–H and O–H groups in total. The molecule has 11 heteroatoms. The Hall–Kier alpha value is -4.08. The van der Waals surface area contributed by atoms with E-state index in [9.17, 15) is 34.5 Å². The molecule has 0 radical (unpaired) electrons. The van der Waals surface area contributed by atoms with Crippen molar-refractivity contribution in [3.8, 4) is 17.1 Å². The van der Waals surface area contributed by atoms with Gasteiger partial charge in [-0.2, -0.15) is 0 Å². The maximum absolute atomic E-state index is 12.6. The third-order valence-electron chi connectivity index (χ3n) is 5.91. The summed E-state index contributed by atoms with van der Waals surface area (Å²) in [5, 5.41) is 32.3. The molecule has 0 atom stereocenters. The average Bonchev–Trinajstić information content (AvgIpc) is 2.83. The number of hydrogen-bond acceptors (Lipinski definition) is 6. The summed E-state index contributed by atoms with van der Waals surface area (Å²) in [6.45, 7) is 3.12. The highest BCUT2D eigenvalue weighted by Gasteiger charge is 2.32. The van der Waals surface area contributed by atoms with Gasteiger partial charge in [-0.1, -0.05) is 23.2 Å². The van der Waals surface area contributed by atoms with Gasteiger partial charge in [-0.25, -0.2) is 9.59 Å². The molecule has 0 fully saturated rings. The van der Waals surface area contributed by atoms with Crippen LogP contribution >= 0.6 is 23.2 Å². The zero-order valence-electron chi connectivity index (χ0n) is 18.7. The number of carbonyl (C=O) groups excluding carboxylic acids is 1. The Morgan fingerprint density at radius 2 is 1.78 bits per heavy atom. The highest BCUT2D eigenvalue weighted by atomic mass is 35.5. The second-order valence-electron chi connectivity index (χ2n) is 8.11. The summed E-state index contributed by atoms with van der Waals surface area (Å²) < 4.78 is 5.88. The first kappa shape index (κ1) is 25.0. The van der Waals surface area contributed by atoms with Crippen molar-refractivity contribution >= 4 is 58.1 Å². The van der Waals surface area contributed by atoms with Crippen LogP contribution in [0.1, 0.15) is 23.1 Å². The minimum absolute atomic E-state index is 0.0470. The van der Waals surface area contributed by atoms with Crippen LogP contribution in [0.15, 0.2) is 50.3 Å². The van der Waals surface area contributed by atoms with E-state index in [1.807, 2.05) is 0 Å². The van der Waals surface area contributed by atoms with Crippen LogP contribution in [-0.4, -0.2) is 33.7 Å². The molecule has 0 unspecified atom stereocenters. The molecule has 1 amide bonds. The fourth-order valence-corrected chi connectivity index (χ4v) is 4.79. The van der Waals surface area contributed by atoms with Crippen molar-refractivity contribution in [2.24, 2.45) is 0 Å². The number of fused-ring (bicyclic) bond motifs is 2. The number of carboxylic acid groups (broad SMARTS) is 2. The molecular weight excluding hydrogens is 513 g/mol. The third-order valence-corrected chi connectivity index (χ3v) is 6.60. The first-order chi connectivity index (χ1) is 17.0. The molecule has 0 saturated carbocycles. The lowest BCUT2D eigenvalue weighted by atomic mass is 9.81. The van der Waals surface area contributed by atoms with Gasteiger partial charge < -0.3 is 25.1 Å². The van der Waals surface area contributed by atoms with Crippen LogP contribution in [0, 0.1) is 13.8 Å². The summed E-state index contributed by atoms with van der Waals surface area (Å²) in [6, 6.07) is 3.03. The fourth-order valence-electron chi connectivity index (χ4n) is 4.22. The Bertz CT molecular complexity index is 1630. The topological polar surface area (TPSA) is 154 Å². The van der Waals surface area contributed by atoms with Gasteiger partial charge in [0, 0.05) is 29.1 Å². The number of rotatable bonds is 5. The number of amides is 1. The fraction of sp³-hybridized carbons (Fsp3) is 0.120. The smallest absolute Gasteiger partial charge is 0.336 e. The maximum atomic E-state index is 12.6. The molecule has 3 aliphatic rings. The van der Waals surface area contributed by atoms with E-state index >= 15 is 0 Å². The van der Waals surface area contributed by atoms with Crippen LogP contribution in [0.2, 0.25) is 10.0 Å². The van der Waals surface area contributed by atoms with E-state index in [0.29, 0.717) is 17.4 Å². The van der Waals surface area contributed by atoms with Crippen molar-refractivity contribution in [3.05, 3.63) is 78.1 Å². The van der Waals surface area contributed by atoms with Gasteiger partial charge in [0.05, 0.1) is 11.1 Å². The lowest BCUT2D eigenvalue weighted by Crippen LogP contribution is -2.17. The van der Waals surface area contributed by atoms with Gasteiger partial charge in [0.2, 0.25) is 11.8 Å². The predicted octanol–water partition coefficient (Wildman–Crippen LogP) is 4.41. The summed E-state index contributed by atoms with van der Waals surface area (Å²) in [6.07, 6.45) is 2.29. The molecule has 36 heavy (non-hydrogen) atoms. The molecule has 184 valence electrons. The molecule has 0 bridgehead atoms. The van der Waals surface area contributed by atoms with Gasteiger partial charge in [-0.3, -0.25) is 9.59 Å². The monoisotopic (exact) mass is 529 g/mol. The molecule has 1 aliphatic heterocycles. The average molecular weight is 530 g/mol. The van der Waals surface area contributed by atoms with E-state index in [-0.39, 0.29) is 72.5 Å². The number of hydrogen-bond donors (Lipinski definition) is 4. The number of allylic oxidation sites excluding steroid dienone is 1. The van der Waals surface area contributed by atoms with Crippen LogP contribution in [-0.2, 0) is 14.4 Å². The van der Waals surface area contributed by atoms with Crippen molar-refractivity contribution in [2.75, 3.05) is 0 Å². The molecular formula is C25H17Cl2NO8. The summed E-state index contributed by atoms with van der Waals surface area (Å²) in [4.78, 5) is 47.6. The summed E-state index contributed by atoms with van der Waals surface area (Å²) in [7, 11) is 0. The van der Waals surface area contributed by atoms with Crippen LogP contribution < -0.4 is 10.7 Å². The molecule has 0 spiro atoms. The molecule has 9 nitrogen and oxygen atoms in total. The molecule has 0 saturated heterocycles. The lowest BCUT2D eigenvalue weighted by Gasteiger charge is -2.24. The zero-order valence-corrected chi connectivity index (χ0v) is 20.2. The van der Waals surface area contributed by atoms with Crippen LogP contribution in [0.25, 0.3) is 27.9 Å². The first-order valence-corrected chi connectivity index (χ1v) is 11.1. The van der Waals surface area contributed by atoms with Gasteiger partial charge in [0.25, 0.3) is 0 Å². The predicted molar refractivity (Wildman–Crippen MR) is 132 cm³/mol. The number of aromatic hydroxyl groups is 1. The largest absolute Gasteiger partial charge is 0.506 e. The number of phenols is 1. The van der Waals surface area contributed by atoms with E-state index in [2.05, 4.69) is 5.32 Å². The SMILES string of the molecule is Cc1cc2c(C3=C(C(=O)O)C=C(C(=O)O)C(=CNC=O)C3)c3cc(C)c(=O)c(Cl)c-3oc2c(Cl)c1O. The highest BCUT2D eigenvalue weighted by Crippen LogP contribution is 2.48. The number of carboxylic acids is 2. The Labute approximate surface area is 212 Å². The van der Waals surface area contributed by atoms with Gasteiger partial charge >= 0.3 is 11.9 Å². The zero-order chi connectivity index (χ0) is 26.5. The number of nitrogens with one attached hydrogen (secondary N) is 1. The standard InChI is InChI=1S/C25H17Cl2NO8/c1-9-3-15-17(13-5-11(7-28-8-29)12(24(32)33)6-14(13)25(34)35)16-4-10(2)21(31)19(27)23(16)36-22(15)18(26)20(9)30/h3-4,6-8,30H,5H2,1-2H3,(H,28,29)(H,32,33)(H,34,35). The number of halogens is 2. The molecule has 4 rings (SSSR count). The minimum atomic E-state index is -1.40. The third kappa shape index (κ3) is 3.92. The Balaban J connectivity index is 2.27. The minimum Gasteiger partial charge on any atom is -0.506 e. The van der Waals surface area contributed by atoms with E-state index < -0.39 is 17.4 Å². The number of aryl methyl sites for hydroxylation is 2. The van der Waals surface area contributed by atoms with E-state index in [4.69, 9.17) is 27.6 Å². The maximum Gasteiger partial charge on any atom is 0.336 e. The second kappa shape index (κ2) is 9.18. The second-order valence-corrected chi connectivity index (χ2v) is 8.87. The van der Waals surface area contributed by atoms with Gasteiger partial charge in [-0.05, 0) is 54.3 Å². The van der Waals surface area contributed by atoms with Crippen LogP contribution in [0.5, 0.6) is 5.75 Å². The van der Waals surface area contributed by atoms with Crippen molar-refractivity contribution < 1.29 is 34.1 Å². The van der Waals surface area contributed by atoms with Crippen LogP contribution in [0.3, 0.4) is 0 Å². The summed E-state index contributed by atoms with van der Waals surface area (Å²) in [5.41, 5.74) is 0.270. The highest BCUT2D eigenvalue weighted by molar-refractivity contribution is 6.37. The number of benzene rings is 2. The molecule has 1 heterocycles. The quantitative estimate of drug-likeness (QED) is 0.280. The Kier molecular flexibility index (Phi) is 6.38. The van der Waals surface area contributed by atoms with Gasteiger partial charge in [0.15, 0.2) is 11.3 Å². The Morgan fingerprint density at radius 3 is 2.39 bits per heavy atom. The Morgan fingerprint density at radius 1 is 1.08 bits per heavy atom. The van der Waals surface area contributed by atoms with Gasteiger partial charge in [0.1, 0.15) is 15.8 Å². The van der Waals surface area contributed by atoms with E-state index in [0.717, 1.165) is 6.08 Å². The molecule has 1 aromatic rings. The number of aliphatic carboxylic acids is 2. The van der Waals surface area contributed by atoms with Crippen LogP contribution in [0.4, 0.5) is 0 Å². The molecule has 1 aromatic carbocycles. The molecule has 2 aliphatic carbocycles. The van der Waals surface area contributed by atoms with E-state index in [1.54, 1.807) is 13.0 Å². The normalized spacial score (nSPS) is 14.9. The van der Waals surface area contributed by atoms with Crippen molar-refractivity contribution in [1.82, 2.24) is 5.32 Å². The van der Waals surface area contributed by atoms with Crippen molar-refractivity contribution in [3.63, 3.8) is 0 Å². The van der Waals surface area contributed by atoms with Crippen molar-refractivity contribution in [2.45, 2.75) is 20.3 Å². The van der Waals surface area contributed by atoms with E-state index in [1.165, 1.54) is 19.2 Å². The lowest BCUT2D eigenvalue weighted by molar-refractivity contribution is -0.132. The van der Waals surface area contributed by atoms with Crippen molar-refractivity contribution in [1.29, 1.82) is 0 Å². The van der Waals surface area contributed by atoms with Gasteiger partial charge in [-0.15, -0.1) is 0 Å². The summed E-state index contributed by atoms with van der Waals surface area (Å²) in [5.74, 6) is -3.15. The number of carbonyl (C=O) groups is 3. The summed E-state index contributed by atoms with van der Waals surface area (Å²) >= 11 is 12.7. The number of phenolic OH excluding ortho intramolecular Hbond substituents is 1. The first-order valence-electron chi connectivity index (χ1n) is 10.4.